The topological polar surface area (TPSA) is 33.0 Å². The molecule has 12 heavy (non-hydrogen) atoms. The van der Waals surface area contributed by atoms with Crippen molar-refractivity contribution in [2.24, 2.45) is 0 Å². The first-order valence-corrected chi connectivity index (χ1v) is 4.68. The number of halogens is 1. The molecule has 1 aromatic carbocycles. The van der Waals surface area contributed by atoms with Gasteiger partial charge in [0, 0.05) is 0 Å². The molecular weight excluding hydrogens is 265 g/mol. The van der Waals surface area contributed by atoms with Crippen LogP contribution in [0, 0.1) is 14.9 Å². The molecule has 0 atom stereocenters. The summed E-state index contributed by atoms with van der Waals surface area (Å²) in [6, 6.07) is 7.47. The van der Waals surface area contributed by atoms with Crippen LogP contribution in [-0.2, 0) is 0 Å². The van der Waals surface area contributed by atoms with E-state index in [9.17, 15) is 0 Å². The Morgan fingerprint density at radius 3 is 2.83 bits per heavy atom. The minimum atomic E-state index is 0.655. The predicted molar refractivity (Wildman–Crippen MR) is 55.0 cm³/mol. The van der Waals surface area contributed by atoms with Gasteiger partial charge in [-0.2, -0.15) is 5.26 Å². The number of nitriles is 1. The fraction of sp³-hybridized carbons (Fsp3) is 0.222. The molecule has 1 rings (SSSR count). The lowest BCUT2D eigenvalue weighted by molar-refractivity contribution is 0.338. The highest BCUT2D eigenvalue weighted by Gasteiger charge is 2.00. The Balaban J connectivity index is 2.97. The van der Waals surface area contributed by atoms with Gasteiger partial charge in [0.25, 0.3) is 0 Å². The van der Waals surface area contributed by atoms with Crippen molar-refractivity contribution in [2.45, 2.75) is 6.92 Å². The second-order valence-corrected chi connectivity index (χ2v) is 3.35. The first-order valence-electron chi connectivity index (χ1n) is 3.60. The van der Waals surface area contributed by atoms with Crippen molar-refractivity contribution >= 4 is 22.6 Å². The highest BCUT2D eigenvalue weighted by Crippen LogP contribution is 2.21. The molecule has 0 bridgehead atoms. The molecule has 0 aliphatic carbocycles. The van der Waals surface area contributed by atoms with E-state index >= 15 is 0 Å². The van der Waals surface area contributed by atoms with Crippen molar-refractivity contribution < 1.29 is 4.74 Å². The fourth-order valence-corrected chi connectivity index (χ4v) is 1.51. The molecule has 62 valence electrons. The summed E-state index contributed by atoms with van der Waals surface area (Å²) in [5.41, 5.74) is 0.669. The molecule has 0 fully saturated rings. The maximum Gasteiger partial charge on any atom is 0.132 e. The monoisotopic (exact) mass is 273 g/mol. The smallest absolute Gasteiger partial charge is 0.132 e. The normalized spacial score (nSPS) is 9.08. The van der Waals surface area contributed by atoms with Gasteiger partial charge in [-0.25, -0.2) is 0 Å². The number of hydrogen-bond donors (Lipinski definition) is 0. The van der Waals surface area contributed by atoms with E-state index < -0.39 is 0 Å². The van der Waals surface area contributed by atoms with Crippen LogP contribution < -0.4 is 4.74 Å². The van der Waals surface area contributed by atoms with Crippen LogP contribution in [0.25, 0.3) is 0 Å². The summed E-state index contributed by atoms with van der Waals surface area (Å²) in [5, 5.41) is 8.59. The summed E-state index contributed by atoms with van der Waals surface area (Å²) in [4.78, 5) is 0. The van der Waals surface area contributed by atoms with Crippen LogP contribution in [0.5, 0.6) is 5.75 Å². The third kappa shape index (κ3) is 2.11. The molecule has 2 nitrogen and oxygen atoms in total. The van der Waals surface area contributed by atoms with E-state index in [0.29, 0.717) is 12.2 Å². The summed E-state index contributed by atoms with van der Waals surface area (Å²) in [5.74, 6) is 0.845. The van der Waals surface area contributed by atoms with E-state index in [2.05, 4.69) is 28.7 Å². The summed E-state index contributed by atoms with van der Waals surface area (Å²) in [6.07, 6.45) is 0. The van der Waals surface area contributed by atoms with Gasteiger partial charge >= 0.3 is 0 Å². The lowest BCUT2D eigenvalue weighted by atomic mass is 10.2. The molecule has 0 spiro atoms. The lowest BCUT2D eigenvalue weighted by Crippen LogP contribution is -1.93. The van der Waals surface area contributed by atoms with E-state index in [1.165, 1.54) is 0 Å². The van der Waals surface area contributed by atoms with Crippen molar-refractivity contribution in [3.05, 3.63) is 27.3 Å². The molecule has 3 heteroatoms. The second-order valence-electron chi connectivity index (χ2n) is 2.19. The zero-order valence-electron chi connectivity index (χ0n) is 6.67. The second kappa shape index (κ2) is 4.31. The van der Waals surface area contributed by atoms with E-state index in [1.54, 1.807) is 6.07 Å². The number of ether oxygens (including phenoxy) is 1. The molecule has 0 amide bonds. The Morgan fingerprint density at radius 2 is 2.33 bits per heavy atom. The maximum atomic E-state index is 8.59. The van der Waals surface area contributed by atoms with E-state index in [1.807, 2.05) is 19.1 Å². The molecule has 0 aliphatic heterocycles. The number of rotatable bonds is 2. The number of nitrogens with zero attached hydrogens (tertiary/aromatic N) is 1. The Labute approximate surface area is 85.3 Å². The van der Waals surface area contributed by atoms with Gasteiger partial charge < -0.3 is 4.74 Å². The summed E-state index contributed by atoms with van der Waals surface area (Å²) in [7, 11) is 0. The van der Waals surface area contributed by atoms with Crippen LogP contribution in [0.4, 0.5) is 0 Å². The minimum absolute atomic E-state index is 0.655. The number of hydrogen-bond acceptors (Lipinski definition) is 2. The SMILES string of the molecule is CCOc1ccc(C#N)cc1I. The molecule has 0 saturated carbocycles. The number of benzene rings is 1. The van der Waals surface area contributed by atoms with Gasteiger partial charge in [-0.3, -0.25) is 0 Å². The third-order valence-corrected chi connectivity index (χ3v) is 2.20. The standard InChI is InChI=1S/C9H8INO/c1-2-12-9-4-3-7(6-11)5-8(9)10/h3-5H,2H2,1H3. The Hall–Kier alpha value is -0.760. The van der Waals surface area contributed by atoms with Crippen LogP contribution >= 0.6 is 22.6 Å². The van der Waals surface area contributed by atoms with Crippen LogP contribution in [0.1, 0.15) is 12.5 Å². The largest absolute Gasteiger partial charge is 0.493 e. The zero-order valence-corrected chi connectivity index (χ0v) is 8.83. The van der Waals surface area contributed by atoms with Crippen molar-refractivity contribution in [1.29, 1.82) is 5.26 Å². The molecule has 0 N–H and O–H groups in total. The average molecular weight is 273 g/mol. The van der Waals surface area contributed by atoms with Crippen LogP contribution in [0.2, 0.25) is 0 Å². The molecule has 0 heterocycles. The fourth-order valence-electron chi connectivity index (χ4n) is 0.843. The average Bonchev–Trinajstić information content (AvgIpc) is 2.09. The molecule has 1 aromatic rings. The van der Waals surface area contributed by atoms with Crippen molar-refractivity contribution in [2.75, 3.05) is 6.61 Å². The van der Waals surface area contributed by atoms with Gasteiger partial charge in [0.05, 0.1) is 21.8 Å². The maximum absolute atomic E-state index is 8.59. The minimum Gasteiger partial charge on any atom is -0.493 e. The highest BCUT2D eigenvalue weighted by molar-refractivity contribution is 14.1. The highest BCUT2D eigenvalue weighted by atomic mass is 127. The lowest BCUT2D eigenvalue weighted by Gasteiger charge is -2.04. The van der Waals surface area contributed by atoms with E-state index in [4.69, 9.17) is 10.00 Å². The van der Waals surface area contributed by atoms with E-state index in [-0.39, 0.29) is 0 Å². The van der Waals surface area contributed by atoms with Crippen LogP contribution in [-0.4, -0.2) is 6.61 Å². The van der Waals surface area contributed by atoms with Gasteiger partial charge in [0.15, 0.2) is 0 Å². The summed E-state index contributed by atoms with van der Waals surface area (Å²) in [6.45, 7) is 2.59. The predicted octanol–water partition coefficient (Wildman–Crippen LogP) is 2.56. The molecule has 0 aliphatic rings. The summed E-state index contributed by atoms with van der Waals surface area (Å²) >= 11 is 2.16. The van der Waals surface area contributed by atoms with Crippen LogP contribution in [0.3, 0.4) is 0 Å². The molecule has 0 unspecified atom stereocenters. The van der Waals surface area contributed by atoms with Crippen LogP contribution in [0.15, 0.2) is 18.2 Å². The van der Waals surface area contributed by atoms with Gasteiger partial charge in [-0.15, -0.1) is 0 Å². The van der Waals surface area contributed by atoms with E-state index in [0.717, 1.165) is 9.32 Å². The van der Waals surface area contributed by atoms with Gasteiger partial charge in [-0.05, 0) is 47.7 Å². The Bertz CT molecular complexity index is 317. The molecule has 0 saturated heterocycles. The molecule has 0 radical (unpaired) electrons. The van der Waals surface area contributed by atoms with Gasteiger partial charge in [-0.1, -0.05) is 0 Å². The van der Waals surface area contributed by atoms with Crippen molar-refractivity contribution in [3.63, 3.8) is 0 Å². The zero-order chi connectivity index (χ0) is 8.97. The van der Waals surface area contributed by atoms with Gasteiger partial charge in [0.1, 0.15) is 5.75 Å². The Morgan fingerprint density at radius 1 is 1.58 bits per heavy atom. The first-order chi connectivity index (χ1) is 5.77. The van der Waals surface area contributed by atoms with Crippen molar-refractivity contribution in [3.8, 4) is 11.8 Å². The Kier molecular flexibility index (Phi) is 3.35. The first kappa shape index (κ1) is 9.33. The molecular formula is C9H8INO. The molecule has 0 aromatic heterocycles. The summed E-state index contributed by atoms with van der Waals surface area (Å²) < 4.78 is 6.30. The third-order valence-electron chi connectivity index (χ3n) is 1.36. The van der Waals surface area contributed by atoms with Crippen molar-refractivity contribution in [1.82, 2.24) is 0 Å². The quantitative estimate of drug-likeness (QED) is 0.776. The van der Waals surface area contributed by atoms with Gasteiger partial charge in [0.2, 0.25) is 0 Å².